The molecule has 0 heterocycles. The van der Waals surface area contributed by atoms with Gasteiger partial charge in [-0.2, -0.15) is 0 Å². The van der Waals surface area contributed by atoms with Gasteiger partial charge < -0.3 is 4.85 Å². The van der Waals surface area contributed by atoms with Crippen LogP contribution in [-0.2, 0) is 6.42 Å². The maximum Gasteiger partial charge on any atom is 0.236 e. The van der Waals surface area contributed by atoms with Crippen molar-refractivity contribution in [3.05, 3.63) is 46.8 Å². The second-order valence-electron chi connectivity index (χ2n) is 4.46. The molecule has 84 valence electrons. The third-order valence-corrected chi connectivity index (χ3v) is 3.31. The van der Waals surface area contributed by atoms with Crippen molar-refractivity contribution in [2.75, 3.05) is 0 Å². The van der Waals surface area contributed by atoms with Crippen LogP contribution in [0.5, 0.6) is 0 Å². The first-order valence-electron chi connectivity index (χ1n) is 5.48. The smallest absolute Gasteiger partial charge is 0.236 e. The van der Waals surface area contributed by atoms with Gasteiger partial charge in [-0.15, -0.1) is 0 Å². The minimum absolute atomic E-state index is 0.405. The molecular formula is C13H13F2N. The largest absolute Gasteiger partial charge is 0.310 e. The molecule has 0 aliphatic heterocycles. The van der Waals surface area contributed by atoms with Gasteiger partial charge in [0.05, 0.1) is 6.42 Å². The first kappa shape index (κ1) is 11.1. The molecule has 1 aliphatic rings. The molecule has 1 aliphatic carbocycles. The molecule has 0 unspecified atom stereocenters. The molecule has 2 rings (SSSR count). The predicted molar refractivity (Wildman–Crippen MR) is 57.9 cm³/mol. The van der Waals surface area contributed by atoms with Crippen LogP contribution < -0.4 is 0 Å². The lowest BCUT2D eigenvalue weighted by molar-refractivity contribution is 0.494. The van der Waals surface area contributed by atoms with Crippen molar-refractivity contribution in [3.63, 3.8) is 0 Å². The number of rotatable bonds is 2. The molecule has 1 fully saturated rings. The summed E-state index contributed by atoms with van der Waals surface area (Å²) < 4.78 is 26.2. The fourth-order valence-electron chi connectivity index (χ4n) is 2.38. The van der Waals surface area contributed by atoms with Crippen LogP contribution in [0.25, 0.3) is 4.85 Å². The summed E-state index contributed by atoms with van der Waals surface area (Å²) in [6.07, 6.45) is 4.12. The fourth-order valence-corrected chi connectivity index (χ4v) is 2.38. The average molecular weight is 221 g/mol. The van der Waals surface area contributed by atoms with Crippen molar-refractivity contribution in [3.8, 4) is 0 Å². The van der Waals surface area contributed by atoms with Gasteiger partial charge in [-0.05, 0) is 24.5 Å². The number of hydrogen-bond acceptors (Lipinski definition) is 0. The van der Waals surface area contributed by atoms with E-state index >= 15 is 0 Å². The van der Waals surface area contributed by atoms with Gasteiger partial charge in [-0.1, -0.05) is 6.07 Å². The Morgan fingerprint density at radius 1 is 1.25 bits per heavy atom. The Morgan fingerprint density at radius 2 is 1.94 bits per heavy atom. The Morgan fingerprint density at radius 3 is 2.50 bits per heavy atom. The van der Waals surface area contributed by atoms with Crippen LogP contribution in [0.3, 0.4) is 0 Å². The Bertz CT molecular complexity index is 428. The third-order valence-electron chi connectivity index (χ3n) is 3.31. The van der Waals surface area contributed by atoms with E-state index in [0.29, 0.717) is 12.0 Å². The normalized spacial score (nSPS) is 18.3. The quantitative estimate of drug-likeness (QED) is 0.670. The summed E-state index contributed by atoms with van der Waals surface area (Å²) in [6, 6.07) is 3.60. The van der Waals surface area contributed by atoms with Crippen molar-refractivity contribution in [1.82, 2.24) is 0 Å². The fraction of sp³-hybridized carbons (Fsp3) is 0.462. The van der Waals surface area contributed by atoms with Gasteiger partial charge in [0.25, 0.3) is 0 Å². The first-order chi connectivity index (χ1) is 7.65. The highest BCUT2D eigenvalue weighted by molar-refractivity contribution is 5.23. The van der Waals surface area contributed by atoms with E-state index in [4.69, 9.17) is 6.57 Å². The highest BCUT2D eigenvalue weighted by Gasteiger charge is 2.40. The summed E-state index contributed by atoms with van der Waals surface area (Å²) in [6.45, 7) is 7.24. The molecule has 1 aromatic rings. The minimum Gasteiger partial charge on any atom is -0.310 e. The van der Waals surface area contributed by atoms with Crippen LogP contribution in [0.2, 0.25) is 0 Å². The predicted octanol–water partition coefficient (Wildman–Crippen LogP) is 3.74. The van der Waals surface area contributed by atoms with Gasteiger partial charge in [0.1, 0.15) is 11.6 Å². The summed E-state index contributed by atoms with van der Waals surface area (Å²) in [4.78, 5) is 3.67. The highest BCUT2D eigenvalue weighted by atomic mass is 19.1. The van der Waals surface area contributed by atoms with Gasteiger partial charge in [0, 0.05) is 18.9 Å². The maximum absolute atomic E-state index is 13.5. The summed E-state index contributed by atoms with van der Waals surface area (Å²) in [5.41, 5.74) is 0.0119. The lowest BCUT2D eigenvalue weighted by Gasteiger charge is -2.15. The zero-order chi connectivity index (χ0) is 11.6. The molecule has 0 aromatic heterocycles. The van der Waals surface area contributed by atoms with E-state index in [2.05, 4.69) is 4.85 Å². The Hall–Kier alpha value is -1.43. The van der Waals surface area contributed by atoms with E-state index in [1.54, 1.807) is 0 Å². The van der Waals surface area contributed by atoms with Crippen LogP contribution in [0.4, 0.5) is 8.78 Å². The van der Waals surface area contributed by atoms with E-state index in [9.17, 15) is 8.78 Å². The van der Waals surface area contributed by atoms with Gasteiger partial charge >= 0.3 is 0 Å². The highest BCUT2D eigenvalue weighted by Crippen LogP contribution is 2.36. The SMILES string of the molecule is [C-]#[N+]C1(Cc2ccc(F)cc2F)CCCC1. The van der Waals surface area contributed by atoms with E-state index in [1.165, 1.54) is 12.1 Å². The third kappa shape index (κ3) is 2.06. The van der Waals surface area contributed by atoms with E-state index in [-0.39, 0.29) is 0 Å². The molecule has 0 atom stereocenters. The van der Waals surface area contributed by atoms with Crippen LogP contribution in [0, 0.1) is 18.2 Å². The Balaban J connectivity index is 2.23. The average Bonchev–Trinajstić information content (AvgIpc) is 2.72. The standard InChI is InChI=1S/C13H13F2N/c1-16-13(6-2-3-7-13)9-10-4-5-11(14)8-12(10)15/h4-5,8H,2-3,6-7,9H2. The number of hydrogen-bond donors (Lipinski definition) is 0. The zero-order valence-corrected chi connectivity index (χ0v) is 8.97. The minimum atomic E-state index is -0.565. The van der Waals surface area contributed by atoms with Crippen LogP contribution in [0.1, 0.15) is 31.2 Å². The van der Waals surface area contributed by atoms with Crippen molar-refractivity contribution in [1.29, 1.82) is 0 Å². The molecule has 0 radical (unpaired) electrons. The lowest BCUT2D eigenvalue weighted by Crippen LogP contribution is -2.23. The van der Waals surface area contributed by atoms with Crippen LogP contribution in [-0.4, -0.2) is 5.54 Å². The first-order valence-corrected chi connectivity index (χ1v) is 5.48. The van der Waals surface area contributed by atoms with Crippen molar-refractivity contribution >= 4 is 0 Å². The lowest BCUT2D eigenvalue weighted by atomic mass is 9.90. The molecule has 0 N–H and O–H groups in total. The van der Waals surface area contributed by atoms with Crippen molar-refractivity contribution in [2.45, 2.75) is 37.6 Å². The summed E-state index contributed by atoms with van der Waals surface area (Å²) in [7, 11) is 0. The molecule has 0 saturated heterocycles. The van der Waals surface area contributed by atoms with Crippen LogP contribution >= 0.6 is 0 Å². The van der Waals surface area contributed by atoms with Crippen LogP contribution in [0.15, 0.2) is 18.2 Å². The monoisotopic (exact) mass is 221 g/mol. The number of nitrogens with zero attached hydrogens (tertiary/aromatic N) is 1. The van der Waals surface area contributed by atoms with Gasteiger partial charge in [0.15, 0.2) is 0 Å². The Kier molecular flexibility index (Phi) is 2.91. The second kappa shape index (κ2) is 4.21. The molecule has 0 spiro atoms. The van der Waals surface area contributed by atoms with Gasteiger partial charge in [-0.3, -0.25) is 0 Å². The molecular weight excluding hydrogens is 208 g/mol. The Labute approximate surface area is 93.9 Å². The topological polar surface area (TPSA) is 4.36 Å². The molecule has 0 amide bonds. The molecule has 1 aromatic carbocycles. The van der Waals surface area contributed by atoms with E-state index in [1.807, 2.05) is 0 Å². The molecule has 1 nitrogen and oxygen atoms in total. The number of halogens is 2. The maximum atomic E-state index is 13.5. The summed E-state index contributed by atoms with van der Waals surface area (Å²) in [5.74, 6) is -1.10. The van der Waals surface area contributed by atoms with E-state index < -0.39 is 17.2 Å². The summed E-state index contributed by atoms with van der Waals surface area (Å²) >= 11 is 0. The van der Waals surface area contributed by atoms with Crippen molar-refractivity contribution in [2.24, 2.45) is 0 Å². The van der Waals surface area contributed by atoms with Gasteiger partial charge in [-0.25, -0.2) is 15.4 Å². The summed E-state index contributed by atoms with van der Waals surface area (Å²) in [5, 5.41) is 0. The molecule has 3 heteroatoms. The molecule has 0 bridgehead atoms. The second-order valence-corrected chi connectivity index (χ2v) is 4.46. The van der Waals surface area contributed by atoms with Gasteiger partial charge in [0.2, 0.25) is 5.54 Å². The van der Waals surface area contributed by atoms with E-state index in [0.717, 1.165) is 31.7 Å². The van der Waals surface area contributed by atoms with Crippen molar-refractivity contribution < 1.29 is 8.78 Å². The number of benzene rings is 1. The molecule has 1 saturated carbocycles. The molecule has 16 heavy (non-hydrogen) atoms. The zero-order valence-electron chi connectivity index (χ0n) is 8.97.